The topological polar surface area (TPSA) is 67.4 Å². The summed E-state index contributed by atoms with van der Waals surface area (Å²) in [5.74, 6) is 1.11. The summed E-state index contributed by atoms with van der Waals surface area (Å²) in [6.07, 6.45) is 4.95. The van der Waals surface area contributed by atoms with Crippen LogP contribution in [-0.2, 0) is 15.7 Å². The fourth-order valence-corrected chi connectivity index (χ4v) is 7.32. The molecule has 1 aliphatic heterocycles. The van der Waals surface area contributed by atoms with Crippen molar-refractivity contribution in [2.24, 2.45) is 17.3 Å². The Hall–Kier alpha value is -2.24. The van der Waals surface area contributed by atoms with Crippen molar-refractivity contribution in [1.82, 2.24) is 4.72 Å². The van der Waals surface area contributed by atoms with Gasteiger partial charge in [0.15, 0.2) is 0 Å². The van der Waals surface area contributed by atoms with Crippen molar-refractivity contribution in [2.45, 2.75) is 62.6 Å². The Labute approximate surface area is 205 Å². The van der Waals surface area contributed by atoms with Crippen LogP contribution in [0, 0.1) is 28.6 Å². The molecule has 7 rings (SSSR count). The molecule has 1 saturated heterocycles. The highest BCUT2D eigenvalue weighted by Gasteiger charge is 2.68. The van der Waals surface area contributed by atoms with Crippen LogP contribution in [0.4, 0.5) is 0 Å². The van der Waals surface area contributed by atoms with Gasteiger partial charge in [0.2, 0.25) is 0 Å². The first-order valence-electron chi connectivity index (χ1n) is 12.1. The summed E-state index contributed by atoms with van der Waals surface area (Å²) in [7, 11) is -0.374. The lowest BCUT2D eigenvalue weighted by atomic mass is 9.43. The maximum absolute atomic E-state index is 9.53. The Morgan fingerprint density at radius 2 is 1.94 bits per heavy atom. The van der Waals surface area contributed by atoms with Gasteiger partial charge in [-0.2, -0.15) is 5.26 Å². The summed E-state index contributed by atoms with van der Waals surface area (Å²) in [5, 5.41) is 10.6. The van der Waals surface area contributed by atoms with Gasteiger partial charge in [-0.3, -0.25) is 4.72 Å². The molecule has 1 unspecified atom stereocenters. The van der Waals surface area contributed by atoms with Gasteiger partial charge in [0, 0.05) is 10.3 Å². The van der Waals surface area contributed by atoms with Gasteiger partial charge in [0.05, 0.1) is 29.5 Å². The number of para-hydroxylation sites is 1. The molecule has 1 aromatic heterocycles. The van der Waals surface area contributed by atoms with E-state index in [0.29, 0.717) is 29.2 Å². The van der Waals surface area contributed by atoms with Crippen molar-refractivity contribution in [2.75, 3.05) is 0 Å². The SMILES string of the molecule is CC1(C)[C@@H]2CC3OB([C@H](Cc4coc5ccccc45)NSc4ccccc4C#N)O[C@@]3(C)[C@H]1C2. The molecule has 1 N–H and O–H groups in total. The maximum atomic E-state index is 9.53. The monoisotopic (exact) mass is 472 g/mol. The molecule has 2 heterocycles. The van der Waals surface area contributed by atoms with Gasteiger partial charge in [0.25, 0.3) is 0 Å². The Balaban J connectivity index is 1.28. The molecule has 4 fully saturated rings. The lowest BCUT2D eigenvalue weighted by molar-refractivity contribution is -0.199. The van der Waals surface area contributed by atoms with Crippen LogP contribution in [-0.4, -0.2) is 24.8 Å². The molecule has 0 spiro atoms. The minimum atomic E-state index is -0.374. The van der Waals surface area contributed by atoms with Crippen LogP contribution in [0.15, 0.2) is 64.1 Å². The van der Waals surface area contributed by atoms with Crippen LogP contribution in [0.2, 0.25) is 0 Å². The second kappa shape index (κ2) is 8.17. The summed E-state index contributed by atoms with van der Waals surface area (Å²) in [6, 6.07) is 18.1. The molecule has 2 bridgehead atoms. The molecule has 0 radical (unpaired) electrons. The van der Waals surface area contributed by atoms with Gasteiger partial charge < -0.3 is 13.7 Å². The number of fused-ring (bicyclic) bond motifs is 1. The van der Waals surface area contributed by atoms with Gasteiger partial charge in [0.1, 0.15) is 11.7 Å². The third kappa shape index (κ3) is 3.43. The van der Waals surface area contributed by atoms with Crippen LogP contribution in [0.5, 0.6) is 0 Å². The Morgan fingerprint density at radius 3 is 2.76 bits per heavy atom. The van der Waals surface area contributed by atoms with E-state index in [1.807, 2.05) is 48.7 Å². The first-order chi connectivity index (χ1) is 16.4. The average molecular weight is 472 g/mol. The fraction of sp³-hybridized carbons (Fsp3) is 0.444. The first kappa shape index (κ1) is 22.2. The van der Waals surface area contributed by atoms with Crippen LogP contribution >= 0.6 is 11.9 Å². The summed E-state index contributed by atoms with van der Waals surface area (Å²) in [4.78, 5) is 0.900. The normalized spacial score (nSPS) is 29.9. The highest BCUT2D eigenvalue weighted by Crippen LogP contribution is 2.65. The van der Waals surface area contributed by atoms with Crippen molar-refractivity contribution in [3.63, 3.8) is 0 Å². The number of nitriles is 1. The highest BCUT2D eigenvalue weighted by molar-refractivity contribution is 7.97. The Morgan fingerprint density at radius 1 is 1.15 bits per heavy atom. The first-order valence-corrected chi connectivity index (χ1v) is 12.9. The number of nitrogens with zero attached hydrogens (tertiary/aromatic N) is 1. The third-order valence-electron chi connectivity index (χ3n) is 8.63. The number of benzene rings is 2. The molecular weight excluding hydrogens is 443 g/mol. The van der Waals surface area contributed by atoms with E-state index >= 15 is 0 Å². The standard InChI is InChI=1S/C27H29BN2O3S/c1-26(2)19-13-23(26)27(3)24(14-19)32-28(33-27)25(30-34-22-11-7-4-8-17(22)15-29)12-18-16-31-21-10-6-5-9-20(18)21/h4-11,16,19,23-25,30H,12-14H2,1-3H3/t19-,23-,24?,25-,27-/m0/s1. The van der Waals surface area contributed by atoms with Gasteiger partial charge in [-0.05, 0) is 79.1 Å². The quantitative estimate of drug-likeness (QED) is 0.362. The van der Waals surface area contributed by atoms with E-state index in [0.717, 1.165) is 27.8 Å². The zero-order valence-electron chi connectivity index (χ0n) is 19.8. The van der Waals surface area contributed by atoms with Crippen molar-refractivity contribution in [1.29, 1.82) is 5.26 Å². The van der Waals surface area contributed by atoms with Crippen LogP contribution in [0.3, 0.4) is 0 Å². The van der Waals surface area contributed by atoms with E-state index < -0.39 is 0 Å². The lowest BCUT2D eigenvalue weighted by Gasteiger charge is -2.64. The third-order valence-corrected chi connectivity index (χ3v) is 9.62. The molecule has 7 heteroatoms. The van der Waals surface area contributed by atoms with E-state index in [2.05, 4.69) is 37.6 Å². The van der Waals surface area contributed by atoms with E-state index in [1.165, 1.54) is 18.4 Å². The van der Waals surface area contributed by atoms with Crippen molar-refractivity contribution < 1.29 is 13.7 Å². The molecular formula is C27H29BN2O3S. The number of hydrogen-bond donors (Lipinski definition) is 1. The molecule has 2 aromatic carbocycles. The molecule has 0 amide bonds. The predicted octanol–water partition coefficient (Wildman–Crippen LogP) is 5.78. The Bertz CT molecular complexity index is 1270. The van der Waals surface area contributed by atoms with Gasteiger partial charge >= 0.3 is 7.12 Å². The number of rotatable bonds is 6. The fourth-order valence-electron chi connectivity index (χ4n) is 6.48. The molecule has 5 atom stereocenters. The molecule has 3 saturated carbocycles. The van der Waals surface area contributed by atoms with E-state index in [-0.39, 0.29) is 24.8 Å². The summed E-state index contributed by atoms with van der Waals surface area (Å²) < 4.78 is 22.9. The van der Waals surface area contributed by atoms with E-state index in [4.69, 9.17) is 13.7 Å². The number of furan rings is 1. The zero-order valence-corrected chi connectivity index (χ0v) is 20.6. The summed E-state index contributed by atoms with van der Waals surface area (Å²) in [6.45, 7) is 7.01. The highest BCUT2D eigenvalue weighted by atomic mass is 32.2. The Kier molecular flexibility index (Phi) is 5.34. The lowest BCUT2D eigenvalue weighted by Crippen LogP contribution is -2.65. The average Bonchev–Trinajstić information content (AvgIpc) is 3.41. The van der Waals surface area contributed by atoms with Crippen molar-refractivity contribution >= 4 is 30.0 Å². The number of nitrogens with one attached hydrogen (secondary N) is 1. The predicted molar refractivity (Wildman–Crippen MR) is 134 cm³/mol. The molecule has 174 valence electrons. The molecule has 5 nitrogen and oxygen atoms in total. The van der Waals surface area contributed by atoms with Crippen LogP contribution in [0.1, 0.15) is 44.7 Å². The minimum absolute atomic E-state index is 0.111. The molecule has 34 heavy (non-hydrogen) atoms. The summed E-state index contributed by atoms with van der Waals surface area (Å²) >= 11 is 1.47. The molecule has 4 aliphatic rings. The molecule has 3 aliphatic carbocycles. The van der Waals surface area contributed by atoms with E-state index in [9.17, 15) is 5.26 Å². The smallest absolute Gasteiger partial charge is 0.464 e. The van der Waals surface area contributed by atoms with Gasteiger partial charge in [-0.1, -0.05) is 44.2 Å². The largest absolute Gasteiger partial charge is 0.477 e. The number of hydrogen-bond acceptors (Lipinski definition) is 6. The van der Waals surface area contributed by atoms with E-state index in [1.54, 1.807) is 0 Å². The molecule has 3 aromatic rings. The van der Waals surface area contributed by atoms with Gasteiger partial charge in [-0.15, -0.1) is 0 Å². The van der Waals surface area contributed by atoms with Gasteiger partial charge in [-0.25, -0.2) is 0 Å². The summed E-state index contributed by atoms with van der Waals surface area (Å²) in [5.41, 5.74) is 2.70. The van der Waals surface area contributed by atoms with Crippen LogP contribution in [0.25, 0.3) is 11.0 Å². The van der Waals surface area contributed by atoms with Crippen molar-refractivity contribution in [3.05, 3.63) is 65.9 Å². The van der Waals surface area contributed by atoms with Crippen molar-refractivity contribution in [3.8, 4) is 6.07 Å². The second-order valence-corrected chi connectivity index (χ2v) is 11.6. The second-order valence-electron chi connectivity index (χ2n) is 10.7. The van der Waals surface area contributed by atoms with Crippen LogP contribution < -0.4 is 4.72 Å². The zero-order chi connectivity index (χ0) is 23.5. The minimum Gasteiger partial charge on any atom is -0.464 e. The maximum Gasteiger partial charge on any atom is 0.477 e.